The van der Waals surface area contributed by atoms with Gasteiger partial charge in [-0.3, -0.25) is 4.99 Å². The molecule has 1 nitrogen and oxygen atoms in total. The molecule has 0 atom stereocenters. The highest BCUT2D eigenvalue weighted by molar-refractivity contribution is 5.81. The molecule has 84 valence electrons. The Morgan fingerprint density at radius 2 is 1.67 bits per heavy atom. The summed E-state index contributed by atoms with van der Waals surface area (Å²) in [6, 6.07) is 6.37. The first kappa shape index (κ1) is 13.9. The molecule has 0 amide bonds. The molecule has 0 aromatic heterocycles. The molecule has 1 rings (SSSR count). The van der Waals surface area contributed by atoms with Gasteiger partial charge in [0.05, 0.1) is 0 Å². The molecule has 0 heterocycles. The van der Waals surface area contributed by atoms with Crippen molar-refractivity contribution < 1.29 is 0 Å². The Labute approximate surface area is 94.3 Å². The summed E-state index contributed by atoms with van der Waals surface area (Å²) in [6.07, 6.45) is 1.89. The first-order chi connectivity index (χ1) is 6.97. The fraction of sp³-hybridized carbons (Fsp3) is 0.500. The van der Waals surface area contributed by atoms with Crippen molar-refractivity contribution in [3.05, 3.63) is 34.9 Å². The van der Waals surface area contributed by atoms with Crippen molar-refractivity contribution in [3.63, 3.8) is 0 Å². The third-order valence-electron chi connectivity index (χ3n) is 1.70. The van der Waals surface area contributed by atoms with Gasteiger partial charge in [0.15, 0.2) is 0 Å². The predicted octanol–water partition coefficient (Wildman–Crippen LogP) is 4.01. The number of benzene rings is 1. The quantitative estimate of drug-likeness (QED) is 0.614. The van der Waals surface area contributed by atoms with Crippen LogP contribution in [0.4, 0.5) is 0 Å². The fourth-order valence-electron chi connectivity index (χ4n) is 1.04. The van der Waals surface area contributed by atoms with Crippen molar-refractivity contribution in [2.45, 2.75) is 34.6 Å². The molecule has 0 aliphatic heterocycles. The Morgan fingerprint density at radius 1 is 1.13 bits per heavy atom. The maximum Gasteiger partial charge on any atom is 0.0284 e. The molecule has 0 N–H and O–H groups in total. The molecule has 0 saturated heterocycles. The standard InChI is InChI=1S/C10H13N.C4H10/c1-8-4-5-9(2)10(6-8)7-11-3;1-4(2)3/h4-7H,1-3H3;4H,1-3H3. The summed E-state index contributed by atoms with van der Waals surface area (Å²) in [7, 11) is 1.79. The zero-order valence-electron chi connectivity index (χ0n) is 10.8. The molecule has 1 heteroatoms. The molecular formula is C14H23N. The van der Waals surface area contributed by atoms with Crippen molar-refractivity contribution in [2.75, 3.05) is 7.05 Å². The molecule has 0 aliphatic carbocycles. The molecule has 1 aromatic carbocycles. The highest BCUT2D eigenvalue weighted by Gasteiger charge is 1.93. The molecule has 0 unspecified atom stereocenters. The third kappa shape index (κ3) is 6.89. The number of aryl methyl sites for hydroxylation is 2. The van der Waals surface area contributed by atoms with Crippen LogP contribution >= 0.6 is 0 Å². The molecule has 0 radical (unpaired) electrons. The van der Waals surface area contributed by atoms with E-state index in [0.29, 0.717) is 0 Å². The molecule has 0 fully saturated rings. The van der Waals surface area contributed by atoms with E-state index in [-0.39, 0.29) is 0 Å². The van der Waals surface area contributed by atoms with Crippen molar-refractivity contribution in [1.82, 2.24) is 0 Å². The van der Waals surface area contributed by atoms with Crippen molar-refractivity contribution in [1.29, 1.82) is 0 Å². The second kappa shape index (κ2) is 7.22. The zero-order valence-corrected chi connectivity index (χ0v) is 10.8. The lowest BCUT2D eigenvalue weighted by atomic mass is 10.1. The van der Waals surface area contributed by atoms with Crippen LogP contribution < -0.4 is 0 Å². The van der Waals surface area contributed by atoms with Gasteiger partial charge in [-0.15, -0.1) is 0 Å². The van der Waals surface area contributed by atoms with Gasteiger partial charge in [0.1, 0.15) is 0 Å². The van der Waals surface area contributed by atoms with Crippen LogP contribution in [0.2, 0.25) is 0 Å². The SMILES string of the molecule is CC(C)C.CN=Cc1cc(C)ccc1C. The molecule has 0 spiro atoms. The summed E-state index contributed by atoms with van der Waals surface area (Å²) in [5, 5.41) is 0. The minimum atomic E-state index is 0.833. The summed E-state index contributed by atoms with van der Waals surface area (Å²) < 4.78 is 0. The van der Waals surface area contributed by atoms with Crippen LogP contribution in [0.5, 0.6) is 0 Å². The van der Waals surface area contributed by atoms with Gasteiger partial charge in [0.2, 0.25) is 0 Å². The van der Waals surface area contributed by atoms with Crippen LogP contribution in [-0.2, 0) is 0 Å². The van der Waals surface area contributed by atoms with Gasteiger partial charge in [0.25, 0.3) is 0 Å². The number of rotatable bonds is 1. The number of aliphatic imine (C=N–C) groups is 1. The van der Waals surface area contributed by atoms with Crippen molar-refractivity contribution >= 4 is 6.21 Å². The Bertz CT molecular complexity index is 308. The molecular weight excluding hydrogens is 182 g/mol. The third-order valence-corrected chi connectivity index (χ3v) is 1.70. The number of hydrogen-bond donors (Lipinski definition) is 0. The van der Waals surface area contributed by atoms with Gasteiger partial charge in [-0.2, -0.15) is 0 Å². The monoisotopic (exact) mass is 205 g/mol. The molecule has 0 saturated carbocycles. The zero-order chi connectivity index (χ0) is 11.8. The summed E-state index contributed by atoms with van der Waals surface area (Å²) in [5.74, 6) is 0.833. The van der Waals surface area contributed by atoms with E-state index >= 15 is 0 Å². The lowest BCUT2D eigenvalue weighted by Gasteiger charge is -1.99. The van der Waals surface area contributed by atoms with E-state index in [4.69, 9.17) is 0 Å². The van der Waals surface area contributed by atoms with E-state index in [1.54, 1.807) is 7.05 Å². The highest BCUT2D eigenvalue weighted by atomic mass is 14.6. The minimum absolute atomic E-state index is 0.833. The normalized spacial score (nSPS) is 10.3. The molecule has 1 aromatic rings. The maximum absolute atomic E-state index is 3.98. The van der Waals surface area contributed by atoms with E-state index in [9.17, 15) is 0 Å². The van der Waals surface area contributed by atoms with E-state index < -0.39 is 0 Å². The van der Waals surface area contributed by atoms with Crippen LogP contribution in [0.15, 0.2) is 23.2 Å². The van der Waals surface area contributed by atoms with Crippen LogP contribution in [0.1, 0.15) is 37.5 Å². The smallest absolute Gasteiger partial charge is 0.0284 e. The topological polar surface area (TPSA) is 12.4 Å². The Morgan fingerprint density at radius 3 is 2.13 bits per heavy atom. The average Bonchev–Trinajstić information content (AvgIpc) is 2.11. The van der Waals surface area contributed by atoms with Crippen LogP contribution in [0.3, 0.4) is 0 Å². The number of hydrogen-bond acceptors (Lipinski definition) is 1. The van der Waals surface area contributed by atoms with Crippen LogP contribution in [0, 0.1) is 19.8 Å². The Kier molecular flexibility index (Phi) is 6.68. The maximum atomic E-state index is 3.98. The lowest BCUT2D eigenvalue weighted by Crippen LogP contribution is -1.87. The largest absolute Gasteiger partial charge is 0.296 e. The summed E-state index contributed by atoms with van der Waals surface area (Å²) in [6.45, 7) is 10.7. The molecule has 0 aliphatic rings. The summed E-state index contributed by atoms with van der Waals surface area (Å²) in [5.41, 5.74) is 3.78. The van der Waals surface area contributed by atoms with Crippen LogP contribution in [0.25, 0.3) is 0 Å². The first-order valence-electron chi connectivity index (χ1n) is 5.46. The van der Waals surface area contributed by atoms with Gasteiger partial charge in [-0.05, 0) is 30.9 Å². The minimum Gasteiger partial charge on any atom is -0.296 e. The van der Waals surface area contributed by atoms with Gasteiger partial charge in [0, 0.05) is 13.3 Å². The van der Waals surface area contributed by atoms with Gasteiger partial charge < -0.3 is 0 Å². The molecule has 0 bridgehead atoms. The average molecular weight is 205 g/mol. The summed E-state index contributed by atoms with van der Waals surface area (Å²) in [4.78, 5) is 3.98. The van der Waals surface area contributed by atoms with Crippen molar-refractivity contribution in [2.24, 2.45) is 10.9 Å². The second-order valence-electron chi connectivity index (χ2n) is 4.48. The lowest BCUT2D eigenvalue weighted by molar-refractivity contribution is 0.737. The first-order valence-corrected chi connectivity index (χ1v) is 5.46. The summed E-state index contributed by atoms with van der Waals surface area (Å²) >= 11 is 0. The number of nitrogens with zero attached hydrogens (tertiary/aromatic N) is 1. The van der Waals surface area contributed by atoms with E-state index in [2.05, 4.69) is 57.8 Å². The van der Waals surface area contributed by atoms with Gasteiger partial charge >= 0.3 is 0 Å². The van der Waals surface area contributed by atoms with Crippen molar-refractivity contribution in [3.8, 4) is 0 Å². The van der Waals surface area contributed by atoms with E-state index in [0.717, 1.165) is 5.92 Å². The Balaban J connectivity index is 0.000000423. The fourth-order valence-corrected chi connectivity index (χ4v) is 1.04. The van der Waals surface area contributed by atoms with Gasteiger partial charge in [-0.1, -0.05) is 44.5 Å². The van der Waals surface area contributed by atoms with E-state index in [1.807, 2.05) is 6.21 Å². The highest BCUT2D eigenvalue weighted by Crippen LogP contribution is 2.07. The van der Waals surface area contributed by atoms with Gasteiger partial charge in [-0.25, -0.2) is 0 Å². The van der Waals surface area contributed by atoms with E-state index in [1.165, 1.54) is 16.7 Å². The second-order valence-corrected chi connectivity index (χ2v) is 4.48. The predicted molar refractivity (Wildman–Crippen MR) is 69.9 cm³/mol. The molecule has 15 heavy (non-hydrogen) atoms. The Hall–Kier alpha value is -1.11. The van der Waals surface area contributed by atoms with Crippen LogP contribution in [-0.4, -0.2) is 13.3 Å².